The highest BCUT2D eigenvalue weighted by atomic mass is 19.1. The number of hydrogen-bond donors (Lipinski definition) is 0. The monoisotopic (exact) mass is 392 g/mol. The number of benzene rings is 2. The maximum atomic E-state index is 14.6. The number of allylic oxidation sites excluding steroid dienone is 1. The lowest BCUT2D eigenvalue weighted by Crippen LogP contribution is -2.12. The molecule has 1 atom stereocenters. The molecule has 3 rings (SSSR count). The molecule has 29 heavy (non-hydrogen) atoms. The molecule has 1 fully saturated rings. The molecule has 1 saturated carbocycles. The second-order valence-corrected chi connectivity index (χ2v) is 8.08. The molecule has 2 aromatic rings. The fraction of sp³-hybridized carbons (Fsp3) is 0.407. The standard InChI is InChI=1S/C27H30F2/c1-4-19-7-9-20(10-8-19)11-16-25-26(28)17-24(18-27(25)29)23-14-12-22(13-15-23)21(5-2)6-3/h5,12-15,17-21H,2,4,6-10H2,1,3H3/t19-,20-,21?. The van der Waals surface area contributed by atoms with Gasteiger partial charge in [0.15, 0.2) is 0 Å². The lowest BCUT2D eigenvalue weighted by atomic mass is 9.81. The van der Waals surface area contributed by atoms with Crippen LogP contribution in [0.15, 0.2) is 49.1 Å². The van der Waals surface area contributed by atoms with E-state index in [2.05, 4.69) is 32.3 Å². The van der Waals surface area contributed by atoms with Crippen LogP contribution in [-0.2, 0) is 0 Å². The minimum absolute atomic E-state index is 0.110. The summed E-state index contributed by atoms with van der Waals surface area (Å²) in [5.74, 6) is 6.06. The molecule has 0 aliphatic heterocycles. The smallest absolute Gasteiger partial charge is 0.142 e. The van der Waals surface area contributed by atoms with E-state index in [1.54, 1.807) is 0 Å². The van der Waals surface area contributed by atoms with Crippen LogP contribution < -0.4 is 0 Å². The van der Waals surface area contributed by atoms with Gasteiger partial charge in [-0.3, -0.25) is 0 Å². The molecule has 0 radical (unpaired) electrons. The lowest BCUT2D eigenvalue weighted by Gasteiger charge is -2.24. The van der Waals surface area contributed by atoms with Crippen molar-refractivity contribution in [2.45, 2.75) is 58.3 Å². The minimum Gasteiger partial charge on any atom is -0.205 e. The van der Waals surface area contributed by atoms with Crippen LogP contribution in [0.1, 0.15) is 69.4 Å². The van der Waals surface area contributed by atoms with Gasteiger partial charge in [0.25, 0.3) is 0 Å². The summed E-state index contributed by atoms with van der Waals surface area (Å²) in [7, 11) is 0. The fourth-order valence-corrected chi connectivity index (χ4v) is 4.21. The van der Waals surface area contributed by atoms with E-state index < -0.39 is 11.6 Å². The molecule has 2 aromatic carbocycles. The number of halogens is 2. The lowest BCUT2D eigenvalue weighted by molar-refractivity contribution is 0.309. The quantitative estimate of drug-likeness (QED) is 0.358. The molecule has 0 nitrogen and oxygen atoms in total. The SMILES string of the molecule is C=CC(CC)c1ccc(-c2cc(F)c(C#C[C@H]3CC[C@H](CC)CC3)c(F)c2)cc1. The Morgan fingerprint density at radius 3 is 2.14 bits per heavy atom. The van der Waals surface area contributed by atoms with Gasteiger partial charge in [0.05, 0.1) is 5.56 Å². The molecule has 1 unspecified atom stereocenters. The van der Waals surface area contributed by atoms with E-state index in [0.29, 0.717) is 11.5 Å². The summed E-state index contributed by atoms with van der Waals surface area (Å²) < 4.78 is 29.3. The molecule has 0 aromatic heterocycles. The van der Waals surface area contributed by atoms with E-state index in [1.165, 1.54) is 31.4 Å². The van der Waals surface area contributed by atoms with E-state index in [-0.39, 0.29) is 11.5 Å². The van der Waals surface area contributed by atoms with Crippen molar-refractivity contribution in [3.8, 4) is 23.0 Å². The Hall–Kier alpha value is -2.40. The molecule has 0 bridgehead atoms. The summed E-state index contributed by atoms with van der Waals surface area (Å²) in [5, 5.41) is 0. The molecule has 0 saturated heterocycles. The highest BCUT2D eigenvalue weighted by Crippen LogP contribution is 2.31. The Kier molecular flexibility index (Phi) is 7.26. The molecule has 152 valence electrons. The second kappa shape index (κ2) is 9.88. The number of rotatable bonds is 5. The zero-order valence-electron chi connectivity index (χ0n) is 17.5. The second-order valence-electron chi connectivity index (χ2n) is 8.08. The van der Waals surface area contributed by atoms with Crippen LogP contribution in [0.5, 0.6) is 0 Å². The van der Waals surface area contributed by atoms with Crippen molar-refractivity contribution in [1.82, 2.24) is 0 Å². The molecule has 1 aliphatic carbocycles. The van der Waals surface area contributed by atoms with Crippen molar-refractivity contribution in [3.05, 3.63) is 71.8 Å². The Morgan fingerprint density at radius 2 is 1.62 bits per heavy atom. The van der Waals surface area contributed by atoms with Crippen LogP contribution in [0, 0.1) is 35.3 Å². The predicted octanol–water partition coefficient (Wildman–Crippen LogP) is 7.88. The van der Waals surface area contributed by atoms with E-state index in [4.69, 9.17) is 0 Å². The summed E-state index contributed by atoms with van der Waals surface area (Å²) in [4.78, 5) is 0. The first-order valence-electron chi connectivity index (χ1n) is 10.8. The van der Waals surface area contributed by atoms with Crippen LogP contribution in [0.25, 0.3) is 11.1 Å². The van der Waals surface area contributed by atoms with Crippen molar-refractivity contribution in [3.63, 3.8) is 0 Å². The zero-order valence-corrected chi connectivity index (χ0v) is 17.5. The van der Waals surface area contributed by atoms with Gasteiger partial charge in [-0.15, -0.1) is 6.58 Å². The maximum Gasteiger partial charge on any atom is 0.142 e. The van der Waals surface area contributed by atoms with Crippen molar-refractivity contribution in [2.24, 2.45) is 11.8 Å². The molecule has 0 amide bonds. The third kappa shape index (κ3) is 5.15. The van der Waals surface area contributed by atoms with Crippen LogP contribution in [-0.4, -0.2) is 0 Å². The van der Waals surface area contributed by atoms with Gasteiger partial charge in [-0.25, -0.2) is 8.78 Å². The number of hydrogen-bond acceptors (Lipinski definition) is 0. The first-order chi connectivity index (χ1) is 14.0. The molecule has 0 N–H and O–H groups in total. The van der Waals surface area contributed by atoms with E-state index in [1.807, 2.05) is 30.3 Å². The van der Waals surface area contributed by atoms with E-state index in [9.17, 15) is 8.78 Å². The van der Waals surface area contributed by atoms with Crippen molar-refractivity contribution in [1.29, 1.82) is 0 Å². The Labute approximate surface area is 174 Å². The Balaban J connectivity index is 1.78. The van der Waals surface area contributed by atoms with Gasteiger partial charge in [0.1, 0.15) is 11.6 Å². The summed E-state index contributed by atoms with van der Waals surface area (Å²) >= 11 is 0. The Bertz CT molecular complexity index is 867. The summed E-state index contributed by atoms with van der Waals surface area (Å²) in [6.07, 6.45) is 8.50. The topological polar surface area (TPSA) is 0 Å². The van der Waals surface area contributed by atoms with E-state index in [0.717, 1.165) is 36.3 Å². The predicted molar refractivity (Wildman–Crippen MR) is 118 cm³/mol. The molecule has 2 heteroatoms. The first-order valence-corrected chi connectivity index (χ1v) is 10.8. The minimum atomic E-state index is -0.587. The maximum absolute atomic E-state index is 14.6. The van der Waals surface area contributed by atoms with Gasteiger partial charge in [-0.05, 0) is 66.8 Å². The van der Waals surface area contributed by atoms with Crippen molar-refractivity contribution in [2.75, 3.05) is 0 Å². The first kappa shape index (κ1) is 21.3. The molecule has 0 heterocycles. The van der Waals surface area contributed by atoms with Gasteiger partial charge in [0, 0.05) is 11.8 Å². The highest BCUT2D eigenvalue weighted by molar-refractivity contribution is 5.65. The van der Waals surface area contributed by atoms with Crippen LogP contribution >= 0.6 is 0 Å². The zero-order chi connectivity index (χ0) is 20.8. The molecule has 1 aliphatic rings. The largest absolute Gasteiger partial charge is 0.205 e. The third-order valence-electron chi connectivity index (χ3n) is 6.26. The van der Waals surface area contributed by atoms with Gasteiger partial charge in [-0.2, -0.15) is 0 Å². The Morgan fingerprint density at radius 1 is 1.00 bits per heavy atom. The van der Waals surface area contributed by atoms with Crippen molar-refractivity contribution >= 4 is 0 Å². The van der Waals surface area contributed by atoms with Crippen LogP contribution in [0.4, 0.5) is 8.78 Å². The van der Waals surface area contributed by atoms with Gasteiger partial charge < -0.3 is 0 Å². The molecule has 0 spiro atoms. The van der Waals surface area contributed by atoms with E-state index >= 15 is 0 Å². The van der Waals surface area contributed by atoms with Crippen LogP contribution in [0.3, 0.4) is 0 Å². The molecular weight excluding hydrogens is 362 g/mol. The van der Waals surface area contributed by atoms with Crippen LogP contribution in [0.2, 0.25) is 0 Å². The van der Waals surface area contributed by atoms with Gasteiger partial charge in [0.2, 0.25) is 0 Å². The summed E-state index contributed by atoms with van der Waals surface area (Å²) in [6, 6.07) is 10.6. The van der Waals surface area contributed by atoms with Crippen molar-refractivity contribution < 1.29 is 8.78 Å². The summed E-state index contributed by atoms with van der Waals surface area (Å²) in [6.45, 7) is 8.20. The summed E-state index contributed by atoms with van der Waals surface area (Å²) in [5.41, 5.74) is 2.38. The third-order valence-corrected chi connectivity index (χ3v) is 6.26. The molecular formula is C27H30F2. The fourth-order valence-electron chi connectivity index (χ4n) is 4.21. The van der Waals surface area contributed by atoms with Gasteiger partial charge in [-0.1, -0.05) is 62.5 Å². The highest BCUT2D eigenvalue weighted by Gasteiger charge is 2.18. The average Bonchev–Trinajstić information content (AvgIpc) is 2.75. The normalized spacial score (nSPS) is 19.9. The average molecular weight is 393 g/mol. The van der Waals surface area contributed by atoms with Gasteiger partial charge >= 0.3 is 0 Å².